The number of aliphatic carboxylic acids is 1. The van der Waals surface area contributed by atoms with E-state index < -0.39 is 11.4 Å². The van der Waals surface area contributed by atoms with Crippen molar-refractivity contribution in [2.45, 2.75) is 39.0 Å². The average molecular weight is 251 g/mol. The van der Waals surface area contributed by atoms with Crippen molar-refractivity contribution in [1.82, 2.24) is 4.90 Å². The Morgan fingerprint density at radius 2 is 1.78 bits per heavy atom. The van der Waals surface area contributed by atoms with E-state index in [0.29, 0.717) is 31.3 Å². The van der Waals surface area contributed by atoms with Crippen molar-refractivity contribution >= 4 is 11.9 Å². The summed E-state index contributed by atoms with van der Waals surface area (Å²) < 4.78 is 0. The van der Waals surface area contributed by atoms with Gasteiger partial charge in [-0.1, -0.05) is 0 Å². The van der Waals surface area contributed by atoms with E-state index >= 15 is 0 Å². The quantitative estimate of drug-likeness (QED) is 0.828. The SMILES string of the molecule is CC1(C(=O)O)CCN(C(=O)C(C2CC2)C2CC2)C1. The predicted molar refractivity (Wildman–Crippen MR) is 65.9 cm³/mol. The van der Waals surface area contributed by atoms with Crippen LogP contribution in [-0.4, -0.2) is 35.0 Å². The fraction of sp³-hybridized carbons (Fsp3) is 0.857. The molecule has 0 bridgehead atoms. The van der Waals surface area contributed by atoms with Crippen LogP contribution in [0, 0.1) is 23.2 Å². The van der Waals surface area contributed by atoms with Crippen LogP contribution in [0.5, 0.6) is 0 Å². The second-order valence-electron chi connectivity index (χ2n) is 6.58. The van der Waals surface area contributed by atoms with Crippen molar-refractivity contribution in [3.63, 3.8) is 0 Å². The number of rotatable bonds is 4. The molecule has 1 atom stereocenters. The molecule has 1 unspecified atom stereocenters. The van der Waals surface area contributed by atoms with Crippen LogP contribution in [0.3, 0.4) is 0 Å². The first kappa shape index (κ1) is 12.0. The standard InChI is InChI=1S/C14H21NO3/c1-14(13(17)18)6-7-15(8-14)12(16)11(9-2-3-9)10-4-5-10/h9-11H,2-8H2,1H3,(H,17,18). The second-order valence-corrected chi connectivity index (χ2v) is 6.58. The summed E-state index contributed by atoms with van der Waals surface area (Å²) in [5, 5.41) is 9.22. The smallest absolute Gasteiger partial charge is 0.311 e. The van der Waals surface area contributed by atoms with Crippen LogP contribution >= 0.6 is 0 Å². The molecule has 0 aromatic heterocycles. The molecule has 1 amide bonds. The summed E-state index contributed by atoms with van der Waals surface area (Å²) in [5.74, 6) is 0.877. The number of amides is 1. The Morgan fingerprint density at radius 3 is 2.17 bits per heavy atom. The molecule has 100 valence electrons. The van der Waals surface area contributed by atoms with Gasteiger partial charge in [0.1, 0.15) is 0 Å². The molecule has 4 nitrogen and oxygen atoms in total. The Kier molecular flexibility index (Phi) is 2.65. The van der Waals surface area contributed by atoms with Crippen molar-refractivity contribution in [3.05, 3.63) is 0 Å². The van der Waals surface area contributed by atoms with Gasteiger partial charge in [0.2, 0.25) is 5.91 Å². The van der Waals surface area contributed by atoms with Crippen LogP contribution < -0.4 is 0 Å². The first-order chi connectivity index (χ1) is 8.51. The molecule has 18 heavy (non-hydrogen) atoms. The zero-order chi connectivity index (χ0) is 12.9. The zero-order valence-corrected chi connectivity index (χ0v) is 10.9. The van der Waals surface area contributed by atoms with Gasteiger partial charge in [-0.3, -0.25) is 9.59 Å². The fourth-order valence-corrected chi connectivity index (χ4v) is 3.23. The van der Waals surface area contributed by atoms with E-state index in [9.17, 15) is 14.7 Å². The summed E-state index contributed by atoms with van der Waals surface area (Å²) >= 11 is 0. The Balaban J connectivity index is 1.68. The average Bonchev–Trinajstić information content (AvgIpc) is 3.22. The molecule has 0 aromatic rings. The fourth-order valence-electron chi connectivity index (χ4n) is 3.23. The zero-order valence-electron chi connectivity index (χ0n) is 10.9. The predicted octanol–water partition coefficient (Wildman–Crippen LogP) is 1.75. The van der Waals surface area contributed by atoms with Gasteiger partial charge in [0.25, 0.3) is 0 Å². The van der Waals surface area contributed by atoms with Gasteiger partial charge in [0.05, 0.1) is 5.41 Å². The molecule has 2 saturated carbocycles. The van der Waals surface area contributed by atoms with Crippen LogP contribution in [0.2, 0.25) is 0 Å². The van der Waals surface area contributed by atoms with Gasteiger partial charge < -0.3 is 10.0 Å². The van der Waals surface area contributed by atoms with Gasteiger partial charge >= 0.3 is 5.97 Å². The van der Waals surface area contributed by atoms with Crippen LogP contribution in [-0.2, 0) is 9.59 Å². The van der Waals surface area contributed by atoms with Gasteiger partial charge in [-0.05, 0) is 50.9 Å². The number of carbonyl (C=O) groups is 2. The molecule has 4 heteroatoms. The largest absolute Gasteiger partial charge is 0.481 e. The topological polar surface area (TPSA) is 57.6 Å². The molecule has 0 spiro atoms. The van der Waals surface area contributed by atoms with Crippen molar-refractivity contribution in [2.75, 3.05) is 13.1 Å². The number of hydrogen-bond donors (Lipinski definition) is 1. The summed E-state index contributed by atoms with van der Waals surface area (Å²) in [6.45, 7) is 2.78. The van der Waals surface area contributed by atoms with Gasteiger partial charge in [0, 0.05) is 19.0 Å². The number of carbonyl (C=O) groups excluding carboxylic acids is 1. The number of carboxylic acid groups (broad SMARTS) is 1. The second kappa shape index (κ2) is 3.97. The third-order valence-corrected chi connectivity index (χ3v) is 4.85. The molecule has 3 aliphatic rings. The molecule has 1 saturated heterocycles. The first-order valence-corrected chi connectivity index (χ1v) is 7.03. The lowest BCUT2D eigenvalue weighted by Gasteiger charge is -2.25. The molecule has 2 aliphatic carbocycles. The lowest BCUT2D eigenvalue weighted by molar-refractivity contribution is -0.147. The number of carboxylic acids is 1. The van der Waals surface area contributed by atoms with Crippen molar-refractivity contribution in [3.8, 4) is 0 Å². The van der Waals surface area contributed by atoms with Crippen LogP contribution in [0.25, 0.3) is 0 Å². The molecule has 1 N–H and O–H groups in total. The van der Waals surface area contributed by atoms with E-state index in [4.69, 9.17) is 0 Å². The minimum absolute atomic E-state index is 0.209. The maximum atomic E-state index is 12.6. The number of likely N-dealkylation sites (tertiary alicyclic amines) is 1. The monoisotopic (exact) mass is 251 g/mol. The first-order valence-electron chi connectivity index (χ1n) is 7.03. The molecule has 0 aromatic carbocycles. The highest BCUT2D eigenvalue weighted by molar-refractivity contribution is 5.83. The molecule has 1 heterocycles. The van der Waals surface area contributed by atoms with Gasteiger partial charge in [-0.15, -0.1) is 0 Å². The molecular formula is C14H21NO3. The molecule has 1 aliphatic heterocycles. The summed E-state index contributed by atoms with van der Waals surface area (Å²) in [7, 11) is 0. The van der Waals surface area contributed by atoms with Crippen LogP contribution in [0.4, 0.5) is 0 Å². The Morgan fingerprint density at radius 1 is 1.22 bits per heavy atom. The van der Waals surface area contributed by atoms with Gasteiger partial charge in [-0.2, -0.15) is 0 Å². The van der Waals surface area contributed by atoms with Crippen LogP contribution in [0.1, 0.15) is 39.0 Å². The third-order valence-electron chi connectivity index (χ3n) is 4.85. The molecule has 3 rings (SSSR count). The highest BCUT2D eigenvalue weighted by Crippen LogP contribution is 2.50. The maximum absolute atomic E-state index is 12.6. The minimum atomic E-state index is -0.771. The van der Waals surface area contributed by atoms with Gasteiger partial charge in [0.15, 0.2) is 0 Å². The molecular weight excluding hydrogens is 230 g/mol. The van der Waals surface area contributed by atoms with Crippen LogP contribution in [0.15, 0.2) is 0 Å². The summed E-state index contributed by atoms with van der Waals surface area (Å²) in [6.07, 6.45) is 5.36. The minimum Gasteiger partial charge on any atom is -0.481 e. The summed E-state index contributed by atoms with van der Waals surface area (Å²) in [5.41, 5.74) is -0.729. The van der Waals surface area contributed by atoms with Crippen molar-refractivity contribution in [1.29, 1.82) is 0 Å². The van der Waals surface area contributed by atoms with E-state index in [1.165, 1.54) is 25.7 Å². The summed E-state index contributed by atoms with van der Waals surface area (Å²) in [6, 6.07) is 0. The van der Waals surface area contributed by atoms with Gasteiger partial charge in [-0.25, -0.2) is 0 Å². The summed E-state index contributed by atoms with van der Waals surface area (Å²) in [4.78, 5) is 25.6. The van der Waals surface area contributed by atoms with Crippen molar-refractivity contribution < 1.29 is 14.7 Å². The Bertz CT molecular complexity index is 375. The Labute approximate surface area is 107 Å². The Hall–Kier alpha value is -1.06. The van der Waals surface area contributed by atoms with E-state index in [1.807, 2.05) is 4.90 Å². The van der Waals surface area contributed by atoms with Crippen molar-refractivity contribution in [2.24, 2.45) is 23.2 Å². The molecule has 0 radical (unpaired) electrons. The molecule has 3 fully saturated rings. The van der Waals surface area contributed by atoms with E-state index in [0.717, 1.165) is 0 Å². The number of nitrogens with zero attached hydrogens (tertiary/aromatic N) is 1. The van der Waals surface area contributed by atoms with E-state index in [2.05, 4.69) is 0 Å². The highest BCUT2D eigenvalue weighted by Gasteiger charge is 2.50. The normalized spacial score (nSPS) is 32.0. The highest BCUT2D eigenvalue weighted by atomic mass is 16.4. The maximum Gasteiger partial charge on any atom is 0.311 e. The lowest BCUT2D eigenvalue weighted by Crippen LogP contribution is -2.39. The van der Waals surface area contributed by atoms with E-state index in [-0.39, 0.29) is 11.8 Å². The van der Waals surface area contributed by atoms with E-state index in [1.54, 1.807) is 6.92 Å². The third kappa shape index (κ3) is 2.02. The lowest BCUT2D eigenvalue weighted by atomic mass is 9.90. The number of hydrogen-bond acceptors (Lipinski definition) is 2.